The normalized spacial score (nSPS) is 25.0. The molecule has 1 aliphatic rings. The van der Waals surface area contributed by atoms with E-state index >= 15 is 0 Å². The van der Waals surface area contributed by atoms with E-state index in [9.17, 15) is 5.11 Å². The van der Waals surface area contributed by atoms with Crippen molar-refractivity contribution in [2.75, 3.05) is 25.1 Å². The fourth-order valence-corrected chi connectivity index (χ4v) is 3.31. The number of anilines is 1. The van der Waals surface area contributed by atoms with Gasteiger partial charge in [0.2, 0.25) is 0 Å². The number of aliphatic hydroxyl groups is 1. The summed E-state index contributed by atoms with van der Waals surface area (Å²) in [5.41, 5.74) is 1.48. The molecule has 1 fully saturated rings. The Morgan fingerprint density at radius 1 is 1.09 bits per heavy atom. The molecule has 2 atom stereocenters. The molecule has 0 unspecified atom stereocenters. The lowest BCUT2D eigenvalue weighted by Crippen LogP contribution is -2.49. The van der Waals surface area contributed by atoms with Crippen LogP contribution in [0, 0.1) is 5.92 Å². The predicted molar refractivity (Wildman–Crippen MR) is 89.3 cm³/mol. The number of nitrogens with zero attached hydrogens (tertiary/aromatic N) is 1. The number of ether oxygens (including phenoxy) is 1. The van der Waals surface area contributed by atoms with E-state index < -0.39 is 5.60 Å². The van der Waals surface area contributed by atoms with Gasteiger partial charge in [-0.05, 0) is 36.2 Å². The molecule has 116 valence electrons. The Bertz CT molecular complexity index is 611. The summed E-state index contributed by atoms with van der Waals surface area (Å²) in [6.07, 6.45) is 0.740. The first-order chi connectivity index (χ1) is 10.6. The molecule has 0 radical (unpaired) electrons. The maximum Gasteiger partial charge on any atom is 0.119 e. The van der Waals surface area contributed by atoms with Gasteiger partial charge in [0.05, 0.1) is 12.7 Å². The summed E-state index contributed by atoms with van der Waals surface area (Å²) in [5, 5.41) is 11.1. The summed E-state index contributed by atoms with van der Waals surface area (Å²) >= 11 is 0. The van der Waals surface area contributed by atoms with Crippen molar-refractivity contribution >= 4 is 5.69 Å². The summed E-state index contributed by atoms with van der Waals surface area (Å²) in [6, 6.07) is 18.2. The van der Waals surface area contributed by atoms with Crippen LogP contribution in [0.15, 0.2) is 54.6 Å². The molecule has 0 saturated carbocycles. The van der Waals surface area contributed by atoms with Gasteiger partial charge < -0.3 is 14.7 Å². The van der Waals surface area contributed by atoms with E-state index in [1.807, 2.05) is 42.5 Å². The molecule has 1 saturated heterocycles. The van der Waals surface area contributed by atoms with Crippen LogP contribution in [-0.2, 0) is 5.60 Å². The van der Waals surface area contributed by atoms with Gasteiger partial charge in [-0.25, -0.2) is 0 Å². The maximum atomic E-state index is 11.1. The smallest absolute Gasteiger partial charge is 0.119 e. The van der Waals surface area contributed by atoms with Gasteiger partial charge in [0.15, 0.2) is 0 Å². The molecule has 1 aliphatic heterocycles. The molecular weight excluding hydrogens is 274 g/mol. The molecule has 1 heterocycles. The third-order valence-corrected chi connectivity index (χ3v) is 4.78. The number of methoxy groups -OCH3 is 1. The average Bonchev–Trinajstić information content (AvgIpc) is 2.58. The van der Waals surface area contributed by atoms with Gasteiger partial charge in [-0.2, -0.15) is 0 Å². The number of benzene rings is 2. The molecule has 3 rings (SSSR count). The van der Waals surface area contributed by atoms with Crippen LogP contribution in [0.25, 0.3) is 0 Å². The molecule has 3 nitrogen and oxygen atoms in total. The van der Waals surface area contributed by atoms with Gasteiger partial charge in [0.1, 0.15) is 5.75 Å². The summed E-state index contributed by atoms with van der Waals surface area (Å²) < 4.78 is 5.21. The maximum absolute atomic E-state index is 11.1. The van der Waals surface area contributed by atoms with E-state index in [0.717, 1.165) is 30.8 Å². The van der Waals surface area contributed by atoms with E-state index in [4.69, 9.17) is 4.74 Å². The van der Waals surface area contributed by atoms with Crippen LogP contribution in [0.1, 0.15) is 18.9 Å². The van der Waals surface area contributed by atoms with Crippen LogP contribution in [0.2, 0.25) is 0 Å². The van der Waals surface area contributed by atoms with Gasteiger partial charge in [-0.15, -0.1) is 0 Å². The topological polar surface area (TPSA) is 32.7 Å². The molecule has 0 amide bonds. The Morgan fingerprint density at radius 3 is 2.36 bits per heavy atom. The van der Waals surface area contributed by atoms with Crippen LogP contribution >= 0.6 is 0 Å². The van der Waals surface area contributed by atoms with E-state index in [-0.39, 0.29) is 5.92 Å². The lowest BCUT2D eigenvalue weighted by atomic mass is 9.77. The van der Waals surface area contributed by atoms with Crippen molar-refractivity contribution in [2.24, 2.45) is 5.92 Å². The number of hydrogen-bond donors (Lipinski definition) is 1. The highest BCUT2D eigenvalue weighted by Crippen LogP contribution is 2.38. The Labute approximate surface area is 132 Å². The van der Waals surface area contributed by atoms with E-state index in [0.29, 0.717) is 0 Å². The third kappa shape index (κ3) is 2.69. The Kier molecular flexibility index (Phi) is 4.08. The third-order valence-electron chi connectivity index (χ3n) is 4.78. The Morgan fingerprint density at radius 2 is 1.77 bits per heavy atom. The molecule has 22 heavy (non-hydrogen) atoms. The van der Waals surface area contributed by atoms with Crippen molar-refractivity contribution in [1.29, 1.82) is 0 Å². The van der Waals surface area contributed by atoms with Crippen LogP contribution in [-0.4, -0.2) is 25.3 Å². The molecule has 0 aromatic heterocycles. The monoisotopic (exact) mass is 297 g/mol. The van der Waals surface area contributed by atoms with Crippen LogP contribution in [0.3, 0.4) is 0 Å². The van der Waals surface area contributed by atoms with Crippen molar-refractivity contribution in [3.63, 3.8) is 0 Å². The summed E-state index contributed by atoms with van der Waals surface area (Å²) in [6.45, 7) is 3.82. The molecule has 2 aromatic carbocycles. The largest absolute Gasteiger partial charge is 0.497 e. The zero-order valence-electron chi connectivity index (χ0n) is 13.2. The molecule has 3 heteroatoms. The highest BCUT2D eigenvalue weighted by Gasteiger charge is 2.40. The minimum absolute atomic E-state index is 0.172. The fourth-order valence-electron chi connectivity index (χ4n) is 3.31. The second-order valence-electron chi connectivity index (χ2n) is 6.09. The van der Waals surface area contributed by atoms with Crippen molar-refractivity contribution in [1.82, 2.24) is 0 Å². The minimum Gasteiger partial charge on any atom is -0.497 e. The first-order valence-corrected chi connectivity index (χ1v) is 7.80. The van der Waals surface area contributed by atoms with Gasteiger partial charge in [0, 0.05) is 24.7 Å². The SMILES string of the molecule is COc1ccc(N2CC[C@](O)(c3ccccc3)[C@@H](C)C2)cc1. The van der Waals surface area contributed by atoms with Gasteiger partial charge in [-0.3, -0.25) is 0 Å². The van der Waals surface area contributed by atoms with E-state index in [1.165, 1.54) is 5.69 Å². The Hall–Kier alpha value is -2.00. The quantitative estimate of drug-likeness (QED) is 0.942. The first-order valence-electron chi connectivity index (χ1n) is 7.80. The number of hydrogen-bond acceptors (Lipinski definition) is 3. The Balaban J connectivity index is 1.77. The molecule has 1 N–H and O–H groups in total. The highest BCUT2D eigenvalue weighted by molar-refractivity contribution is 5.50. The van der Waals surface area contributed by atoms with Gasteiger partial charge >= 0.3 is 0 Å². The average molecular weight is 297 g/mol. The second-order valence-corrected chi connectivity index (χ2v) is 6.09. The van der Waals surface area contributed by atoms with E-state index in [2.05, 4.69) is 24.0 Å². The zero-order chi connectivity index (χ0) is 15.6. The fraction of sp³-hybridized carbons (Fsp3) is 0.368. The predicted octanol–water partition coefficient (Wildman–Crippen LogP) is 3.43. The molecule has 0 bridgehead atoms. The van der Waals surface area contributed by atoms with Crippen LogP contribution in [0.5, 0.6) is 5.75 Å². The van der Waals surface area contributed by atoms with Gasteiger partial charge in [0.25, 0.3) is 0 Å². The lowest BCUT2D eigenvalue weighted by molar-refractivity contribution is -0.0327. The van der Waals surface area contributed by atoms with Crippen molar-refractivity contribution in [2.45, 2.75) is 18.9 Å². The number of rotatable bonds is 3. The summed E-state index contributed by atoms with van der Waals surface area (Å²) in [4.78, 5) is 2.33. The zero-order valence-corrected chi connectivity index (χ0v) is 13.2. The van der Waals surface area contributed by atoms with Crippen molar-refractivity contribution < 1.29 is 9.84 Å². The molecule has 0 spiro atoms. The standard InChI is InChI=1S/C19H23NO2/c1-15-14-20(17-8-10-18(22-2)11-9-17)13-12-19(15,21)16-6-4-3-5-7-16/h3-11,15,21H,12-14H2,1-2H3/t15-,19+/m0/s1. The van der Waals surface area contributed by atoms with E-state index in [1.54, 1.807) is 7.11 Å². The highest BCUT2D eigenvalue weighted by atomic mass is 16.5. The van der Waals surface area contributed by atoms with Crippen LogP contribution in [0.4, 0.5) is 5.69 Å². The molecule has 0 aliphatic carbocycles. The summed E-state index contributed by atoms with van der Waals surface area (Å²) in [7, 11) is 1.68. The first kappa shape index (κ1) is 14.9. The minimum atomic E-state index is -0.732. The molecule has 2 aromatic rings. The van der Waals surface area contributed by atoms with Gasteiger partial charge in [-0.1, -0.05) is 37.3 Å². The van der Waals surface area contributed by atoms with Crippen molar-refractivity contribution in [3.8, 4) is 5.75 Å². The summed E-state index contributed by atoms with van der Waals surface area (Å²) in [5.74, 6) is 1.04. The number of piperidine rings is 1. The lowest BCUT2D eigenvalue weighted by Gasteiger charge is -2.44. The molecular formula is C19H23NO2. The second kappa shape index (κ2) is 6.01. The van der Waals surface area contributed by atoms with Crippen molar-refractivity contribution in [3.05, 3.63) is 60.2 Å². The van der Waals surface area contributed by atoms with Crippen LogP contribution < -0.4 is 9.64 Å².